The number of fused-ring (bicyclic) bond motifs is 3. The first-order chi connectivity index (χ1) is 12.7. The second-order valence-electron chi connectivity index (χ2n) is 5.52. The van der Waals surface area contributed by atoms with E-state index < -0.39 is 5.69 Å². The molecule has 0 fully saturated rings. The smallest absolute Gasteiger partial charge is 0.352 e. The second-order valence-corrected chi connectivity index (χ2v) is 6.44. The summed E-state index contributed by atoms with van der Waals surface area (Å²) in [5.41, 5.74) is 1.50. The van der Waals surface area contributed by atoms with E-state index in [-0.39, 0.29) is 12.5 Å². The van der Waals surface area contributed by atoms with E-state index in [2.05, 4.69) is 15.4 Å². The maximum absolute atomic E-state index is 12.4. The third-order valence-corrected chi connectivity index (χ3v) is 4.67. The van der Waals surface area contributed by atoms with Crippen LogP contribution in [-0.2, 0) is 11.3 Å². The number of hydrogen-bond acceptors (Lipinski definition) is 6. The van der Waals surface area contributed by atoms with Crippen LogP contribution in [0.2, 0.25) is 0 Å². The lowest BCUT2D eigenvalue weighted by molar-refractivity contribution is -0.117. The van der Waals surface area contributed by atoms with Gasteiger partial charge in [-0.1, -0.05) is 0 Å². The van der Waals surface area contributed by atoms with Crippen molar-refractivity contribution in [3.05, 3.63) is 52.5 Å². The van der Waals surface area contributed by atoms with Gasteiger partial charge in [-0.2, -0.15) is 0 Å². The molecule has 132 valence electrons. The van der Waals surface area contributed by atoms with E-state index in [1.165, 1.54) is 22.1 Å². The van der Waals surface area contributed by atoms with Crippen molar-refractivity contribution in [3.8, 4) is 5.75 Å². The van der Waals surface area contributed by atoms with E-state index in [4.69, 9.17) is 4.74 Å². The molecule has 0 saturated carbocycles. The van der Waals surface area contributed by atoms with Gasteiger partial charge >= 0.3 is 5.69 Å². The van der Waals surface area contributed by atoms with Gasteiger partial charge in [-0.15, -0.1) is 16.4 Å². The first kappa shape index (κ1) is 16.3. The van der Waals surface area contributed by atoms with Crippen LogP contribution < -0.4 is 15.7 Å². The zero-order valence-electron chi connectivity index (χ0n) is 13.9. The van der Waals surface area contributed by atoms with Gasteiger partial charge in [0.2, 0.25) is 5.91 Å². The zero-order chi connectivity index (χ0) is 18.1. The number of hydrogen-bond donors (Lipinski definition) is 1. The van der Waals surface area contributed by atoms with Gasteiger partial charge in [0.25, 0.3) is 0 Å². The number of carbonyl (C=O) groups excluding carboxylic acids is 1. The molecule has 1 N–H and O–H groups in total. The Balaban J connectivity index is 1.55. The summed E-state index contributed by atoms with van der Waals surface area (Å²) in [6, 6.07) is 8.90. The number of benzene rings is 1. The highest BCUT2D eigenvalue weighted by Crippen LogP contribution is 2.21. The van der Waals surface area contributed by atoms with E-state index >= 15 is 0 Å². The van der Waals surface area contributed by atoms with Crippen LogP contribution in [-0.4, -0.2) is 31.7 Å². The topological polar surface area (TPSA) is 90.5 Å². The van der Waals surface area contributed by atoms with E-state index in [1.807, 2.05) is 18.4 Å². The average molecular weight is 369 g/mol. The molecule has 4 rings (SSSR count). The van der Waals surface area contributed by atoms with Crippen LogP contribution in [0.5, 0.6) is 5.75 Å². The quantitative estimate of drug-likeness (QED) is 0.582. The lowest BCUT2D eigenvalue weighted by Gasteiger charge is -2.06. The van der Waals surface area contributed by atoms with Gasteiger partial charge < -0.3 is 10.1 Å². The largest absolute Gasteiger partial charge is 0.494 e. The van der Waals surface area contributed by atoms with Gasteiger partial charge in [0.15, 0.2) is 5.65 Å². The van der Waals surface area contributed by atoms with E-state index in [0.717, 1.165) is 20.6 Å². The highest BCUT2D eigenvalue weighted by atomic mass is 32.1. The van der Waals surface area contributed by atoms with Gasteiger partial charge in [0.1, 0.15) is 18.6 Å². The Kier molecular flexibility index (Phi) is 4.13. The van der Waals surface area contributed by atoms with Gasteiger partial charge in [0.05, 0.1) is 16.8 Å². The number of ether oxygens (including phenoxy) is 1. The molecule has 0 atom stereocenters. The van der Waals surface area contributed by atoms with Crippen LogP contribution in [0.15, 0.2) is 46.8 Å². The highest BCUT2D eigenvalue weighted by Gasteiger charge is 2.14. The van der Waals surface area contributed by atoms with Crippen molar-refractivity contribution in [2.75, 3.05) is 11.9 Å². The van der Waals surface area contributed by atoms with E-state index in [1.54, 1.807) is 24.3 Å². The standard InChI is InChI=1S/C17H15N5O3S/c1-2-25-12-5-3-11(4-6-12)19-14(23)9-22-17(24)21-10-18-13-7-8-26-15(13)16(21)20-22/h3-8,10H,2,9H2,1H3,(H,19,23). The summed E-state index contributed by atoms with van der Waals surface area (Å²) in [4.78, 5) is 28.9. The Bertz CT molecular complexity index is 1140. The molecule has 0 aliphatic rings. The molecule has 26 heavy (non-hydrogen) atoms. The minimum absolute atomic E-state index is 0.180. The van der Waals surface area contributed by atoms with Crippen LogP contribution >= 0.6 is 11.3 Å². The fourth-order valence-electron chi connectivity index (χ4n) is 2.61. The van der Waals surface area contributed by atoms with Crippen molar-refractivity contribution in [1.29, 1.82) is 0 Å². The summed E-state index contributed by atoms with van der Waals surface area (Å²) in [5.74, 6) is 0.393. The lowest BCUT2D eigenvalue weighted by atomic mass is 10.3. The van der Waals surface area contributed by atoms with E-state index in [0.29, 0.717) is 17.9 Å². The number of anilines is 1. The molecule has 1 aromatic carbocycles. The SMILES string of the molecule is CCOc1ccc(NC(=O)Cn2nc3c4sccc4ncn3c2=O)cc1. The van der Waals surface area contributed by atoms with Crippen LogP contribution in [0, 0.1) is 0 Å². The number of nitrogens with zero attached hydrogens (tertiary/aromatic N) is 4. The molecule has 3 aromatic heterocycles. The molecule has 0 spiro atoms. The first-order valence-electron chi connectivity index (χ1n) is 8.00. The third kappa shape index (κ3) is 2.93. The highest BCUT2D eigenvalue weighted by molar-refractivity contribution is 7.17. The summed E-state index contributed by atoms with van der Waals surface area (Å²) in [7, 11) is 0. The maximum Gasteiger partial charge on any atom is 0.352 e. The Morgan fingerprint density at radius 1 is 1.27 bits per heavy atom. The fourth-order valence-corrected chi connectivity index (χ4v) is 3.43. The zero-order valence-corrected chi connectivity index (χ0v) is 14.7. The number of carbonyl (C=O) groups is 1. The molecule has 0 aliphatic carbocycles. The van der Waals surface area contributed by atoms with Gasteiger partial charge in [-0.25, -0.2) is 18.9 Å². The molecule has 8 nitrogen and oxygen atoms in total. The monoisotopic (exact) mass is 369 g/mol. The van der Waals surface area contributed by atoms with Gasteiger partial charge in [0, 0.05) is 5.69 Å². The van der Waals surface area contributed by atoms with Crippen LogP contribution in [0.4, 0.5) is 5.69 Å². The van der Waals surface area contributed by atoms with Crippen molar-refractivity contribution < 1.29 is 9.53 Å². The van der Waals surface area contributed by atoms with Crippen molar-refractivity contribution in [1.82, 2.24) is 19.2 Å². The summed E-state index contributed by atoms with van der Waals surface area (Å²) in [6.45, 7) is 2.30. The molecule has 0 bridgehead atoms. The third-order valence-electron chi connectivity index (χ3n) is 3.77. The molecular weight excluding hydrogens is 354 g/mol. The Morgan fingerprint density at radius 2 is 2.08 bits per heavy atom. The number of thiophene rings is 1. The molecule has 3 heterocycles. The predicted octanol–water partition coefficient (Wildman–Crippen LogP) is 2.14. The molecular formula is C17H15N5O3S. The number of rotatable bonds is 5. The number of nitrogens with one attached hydrogen (secondary N) is 1. The summed E-state index contributed by atoms with van der Waals surface area (Å²) in [6.07, 6.45) is 1.43. The van der Waals surface area contributed by atoms with Gasteiger partial charge in [-0.05, 0) is 42.6 Å². The minimum atomic E-state index is -0.398. The summed E-state index contributed by atoms with van der Waals surface area (Å²) in [5, 5.41) is 8.93. The van der Waals surface area contributed by atoms with E-state index in [9.17, 15) is 9.59 Å². The van der Waals surface area contributed by atoms with Crippen LogP contribution in [0.3, 0.4) is 0 Å². The second kappa shape index (κ2) is 6.60. The Labute approximate surface area is 151 Å². The van der Waals surface area contributed by atoms with Crippen molar-refractivity contribution >= 4 is 38.8 Å². The average Bonchev–Trinajstić information content (AvgIpc) is 3.22. The molecule has 0 unspecified atom stereocenters. The Hall–Kier alpha value is -3.20. The minimum Gasteiger partial charge on any atom is -0.494 e. The predicted molar refractivity (Wildman–Crippen MR) is 98.9 cm³/mol. The van der Waals surface area contributed by atoms with Crippen molar-refractivity contribution in [2.45, 2.75) is 13.5 Å². The molecule has 9 heteroatoms. The first-order valence-corrected chi connectivity index (χ1v) is 8.88. The van der Waals surface area contributed by atoms with Crippen molar-refractivity contribution in [2.24, 2.45) is 0 Å². The van der Waals surface area contributed by atoms with Crippen LogP contribution in [0.1, 0.15) is 6.92 Å². The molecule has 0 saturated heterocycles. The molecule has 0 radical (unpaired) electrons. The van der Waals surface area contributed by atoms with Crippen molar-refractivity contribution in [3.63, 3.8) is 0 Å². The van der Waals surface area contributed by atoms with Crippen LogP contribution in [0.25, 0.3) is 15.9 Å². The van der Waals surface area contributed by atoms with Gasteiger partial charge in [-0.3, -0.25) is 4.79 Å². The molecule has 1 amide bonds. The lowest BCUT2D eigenvalue weighted by Crippen LogP contribution is -2.28. The maximum atomic E-state index is 12.4. The molecule has 4 aromatic rings. The fraction of sp³-hybridized carbons (Fsp3) is 0.176. The molecule has 0 aliphatic heterocycles. The summed E-state index contributed by atoms with van der Waals surface area (Å²) < 4.78 is 8.67. The summed E-state index contributed by atoms with van der Waals surface area (Å²) >= 11 is 1.46. The Morgan fingerprint density at radius 3 is 2.85 bits per heavy atom. The number of aromatic nitrogens is 4. The normalized spacial score (nSPS) is 11.1. The number of amides is 1.